The van der Waals surface area contributed by atoms with Crippen molar-refractivity contribution < 1.29 is 4.74 Å². The molecule has 0 spiro atoms. The van der Waals surface area contributed by atoms with E-state index >= 15 is 0 Å². The molecule has 2 aromatic rings. The third-order valence-electron chi connectivity index (χ3n) is 2.78. The molecule has 2 rings (SSSR count). The fourth-order valence-electron chi connectivity index (χ4n) is 1.82. The van der Waals surface area contributed by atoms with E-state index in [1.807, 2.05) is 31.2 Å². The van der Waals surface area contributed by atoms with Gasteiger partial charge in [-0.3, -0.25) is 4.79 Å². The van der Waals surface area contributed by atoms with E-state index in [1.54, 1.807) is 13.2 Å². The predicted molar refractivity (Wildman–Crippen MR) is 70.9 cm³/mol. The molecule has 0 aliphatic heterocycles. The molecule has 0 amide bonds. The predicted octanol–water partition coefficient (Wildman–Crippen LogP) is 1.82. The largest absolute Gasteiger partial charge is 0.496 e. The number of nitrogens with zero attached hydrogens (tertiary/aromatic N) is 2. The van der Waals surface area contributed by atoms with Gasteiger partial charge in [-0.05, 0) is 25.1 Å². The fourth-order valence-corrected chi connectivity index (χ4v) is 1.82. The van der Waals surface area contributed by atoms with Crippen molar-refractivity contribution in [2.24, 2.45) is 0 Å². The lowest BCUT2D eigenvalue weighted by Crippen LogP contribution is -2.14. The number of benzene rings is 1. The Morgan fingerprint density at radius 3 is 2.89 bits per heavy atom. The smallest absolute Gasteiger partial charge is 0.268 e. The Hall–Kier alpha value is -2.61. The van der Waals surface area contributed by atoms with Gasteiger partial charge in [0.05, 0.1) is 25.3 Å². The van der Waals surface area contributed by atoms with Crippen molar-refractivity contribution in [1.29, 1.82) is 5.26 Å². The van der Waals surface area contributed by atoms with Crippen molar-refractivity contribution in [2.75, 3.05) is 7.11 Å². The number of aromatic amines is 1. The van der Waals surface area contributed by atoms with E-state index in [2.05, 4.69) is 10.2 Å². The van der Waals surface area contributed by atoms with Gasteiger partial charge in [-0.15, -0.1) is 0 Å². The fraction of sp³-hybridized carbons (Fsp3) is 0.214. The second-order valence-electron chi connectivity index (χ2n) is 4.15. The quantitative estimate of drug-likeness (QED) is 0.907. The molecule has 19 heavy (non-hydrogen) atoms. The van der Waals surface area contributed by atoms with E-state index in [0.29, 0.717) is 17.0 Å². The van der Waals surface area contributed by atoms with Crippen LogP contribution in [0, 0.1) is 18.3 Å². The summed E-state index contributed by atoms with van der Waals surface area (Å²) in [5.74, 6) is 0.674. The summed E-state index contributed by atoms with van der Waals surface area (Å²) >= 11 is 0. The number of aromatic nitrogens is 2. The van der Waals surface area contributed by atoms with Crippen LogP contribution < -0.4 is 10.3 Å². The van der Waals surface area contributed by atoms with E-state index < -0.39 is 0 Å². The van der Waals surface area contributed by atoms with Crippen LogP contribution in [0.2, 0.25) is 0 Å². The first-order chi connectivity index (χ1) is 9.15. The Morgan fingerprint density at radius 2 is 2.21 bits per heavy atom. The van der Waals surface area contributed by atoms with Gasteiger partial charge in [-0.2, -0.15) is 10.4 Å². The van der Waals surface area contributed by atoms with Crippen LogP contribution in [0.25, 0.3) is 11.3 Å². The third-order valence-corrected chi connectivity index (χ3v) is 2.78. The number of hydrogen-bond acceptors (Lipinski definition) is 4. The molecule has 1 N–H and O–H groups in total. The maximum atomic E-state index is 11.5. The van der Waals surface area contributed by atoms with Crippen molar-refractivity contribution in [3.8, 4) is 23.1 Å². The molecule has 1 aromatic carbocycles. The molecule has 1 aromatic heterocycles. The highest BCUT2D eigenvalue weighted by Gasteiger charge is 2.10. The molecule has 96 valence electrons. The molecular weight excluding hydrogens is 242 g/mol. The van der Waals surface area contributed by atoms with Crippen LogP contribution >= 0.6 is 0 Å². The average Bonchev–Trinajstić information content (AvgIpc) is 2.41. The number of nitrogens with one attached hydrogen (secondary N) is 1. The summed E-state index contributed by atoms with van der Waals surface area (Å²) in [5.41, 5.74) is 2.50. The molecule has 0 radical (unpaired) electrons. The summed E-state index contributed by atoms with van der Waals surface area (Å²) in [4.78, 5) is 11.5. The van der Waals surface area contributed by atoms with Gasteiger partial charge in [0.25, 0.3) is 5.56 Å². The monoisotopic (exact) mass is 255 g/mol. The minimum absolute atomic E-state index is 0.0545. The Bertz CT molecular complexity index is 699. The first kappa shape index (κ1) is 12.8. The summed E-state index contributed by atoms with van der Waals surface area (Å²) in [6.07, 6.45) is 0.0545. The van der Waals surface area contributed by atoms with Gasteiger partial charge in [0.1, 0.15) is 5.75 Å². The van der Waals surface area contributed by atoms with Crippen LogP contribution in [0.5, 0.6) is 5.75 Å². The second-order valence-corrected chi connectivity index (χ2v) is 4.15. The Kier molecular flexibility index (Phi) is 3.62. The third kappa shape index (κ3) is 2.63. The van der Waals surface area contributed by atoms with Crippen molar-refractivity contribution in [1.82, 2.24) is 10.2 Å². The number of H-pyrrole nitrogens is 1. The molecule has 1 heterocycles. The number of methoxy groups -OCH3 is 1. The number of nitriles is 1. The molecule has 5 nitrogen and oxygen atoms in total. The van der Waals surface area contributed by atoms with Crippen LogP contribution in [0.1, 0.15) is 11.1 Å². The highest BCUT2D eigenvalue weighted by Crippen LogP contribution is 2.29. The van der Waals surface area contributed by atoms with E-state index in [9.17, 15) is 4.79 Å². The van der Waals surface area contributed by atoms with Gasteiger partial charge < -0.3 is 4.74 Å². The van der Waals surface area contributed by atoms with Crippen LogP contribution in [-0.2, 0) is 6.42 Å². The lowest BCUT2D eigenvalue weighted by Gasteiger charge is -2.09. The zero-order valence-electron chi connectivity index (χ0n) is 10.7. The van der Waals surface area contributed by atoms with E-state index in [0.717, 1.165) is 11.1 Å². The Morgan fingerprint density at radius 1 is 1.42 bits per heavy atom. The lowest BCUT2D eigenvalue weighted by atomic mass is 10.1. The minimum Gasteiger partial charge on any atom is -0.496 e. The van der Waals surface area contributed by atoms with Crippen molar-refractivity contribution in [2.45, 2.75) is 13.3 Å². The Labute approximate surface area is 110 Å². The van der Waals surface area contributed by atoms with Crippen LogP contribution in [0.15, 0.2) is 29.1 Å². The van der Waals surface area contributed by atoms with Crippen LogP contribution in [0.3, 0.4) is 0 Å². The highest BCUT2D eigenvalue weighted by molar-refractivity contribution is 5.68. The van der Waals surface area contributed by atoms with Crippen LogP contribution in [-0.4, -0.2) is 17.3 Å². The summed E-state index contributed by atoms with van der Waals surface area (Å²) in [5, 5.41) is 15.1. The van der Waals surface area contributed by atoms with E-state index in [4.69, 9.17) is 10.00 Å². The van der Waals surface area contributed by atoms with Gasteiger partial charge in [-0.1, -0.05) is 11.6 Å². The first-order valence-corrected chi connectivity index (χ1v) is 5.76. The molecule has 0 atom stereocenters. The first-order valence-electron chi connectivity index (χ1n) is 5.76. The maximum absolute atomic E-state index is 11.5. The number of ether oxygens (including phenoxy) is 1. The summed E-state index contributed by atoms with van der Waals surface area (Å²) in [6.45, 7) is 1.96. The number of rotatable bonds is 3. The Balaban J connectivity index is 2.59. The molecule has 0 unspecified atom stereocenters. The average molecular weight is 255 g/mol. The van der Waals surface area contributed by atoms with Crippen LogP contribution in [0.4, 0.5) is 0 Å². The minimum atomic E-state index is -0.336. The topological polar surface area (TPSA) is 78.8 Å². The van der Waals surface area contributed by atoms with Crippen molar-refractivity contribution in [3.63, 3.8) is 0 Å². The number of aryl methyl sites for hydroxylation is 1. The molecule has 5 heteroatoms. The van der Waals surface area contributed by atoms with Gasteiger partial charge in [0, 0.05) is 11.1 Å². The molecule has 0 saturated carbocycles. The molecule has 0 aliphatic carbocycles. The highest BCUT2D eigenvalue weighted by atomic mass is 16.5. The standard InChI is InChI=1S/C14H13N3O2/c1-9-3-4-13(19-2)11(7-9)12-8-10(5-6-15)14(18)17-16-12/h3-4,7-8H,5H2,1-2H3,(H,17,18). The zero-order chi connectivity index (χ0) is 13.8. The number of hydrogen-bond donors (Lipinski definition) is 1. The summed E-state index contributed by atoms with van der Waals surface area (Å²) in [7, 11) is 1.58. The molecule has 0 fully saturated rings. The molecular formula is C14H13N3O2. The SMILES string of the molecule is COc1ccc(C)cc1-c1cc(CC#N)c(=O)[nH]n1. The lowest BCUT2D eigenvalue weighted by molar-refractivity contribution is 0.416. The van der Waals surface area contributed by atoms with E-state index in [1.165, 1.54) is 0 Å². The molecule has 0 aliphatic rings. The maximum Gasteiger partial charge on any atom is 0.268 e. The van der Waals surface area contributed by atoms with Crippen molar-refractivity contribution >= 4 is 0 Å². The van der Waals surface area contributed by atoms with Gasteiger partial charge in [0.15, 0.2) is 0 Å². The second kappa shape index (κ2) is 5.36. The molecule has 0 bridgehead atoms. The normalized spacial score (nSPS) is 9.95. The van der Waals surface area contributed by atoms with Gasteiger partial charge in [-0.25, -0.2) is 5.10 Å². The summed E-state index contributed by atoms with van der Waals surface area (Å²) < 4.78 is 5.29. The van der Waals surface area contributed by atoms with Gasteiger partial charge >= 0.3 is 0 Å². The van der Waals surface area contributed by atoms with Crippen molar-refractivity contribution in [3.05, 3.63) is 45.7 Å². The van der Waals surface area contributed by atoms with Gasteiger partial charge in [0.2, 0.25) is 0 Å². The summed E-state index contributed by atoms with van der Waals surface area (Å²) in [6, 6.07) is 9.30. The van der Waals surface area contributed by atoms with E-state index in [-0.39, 0.29) is 12.0 Å². The zero-order valence-corrected chi connectivity index (χ0v) is 10.7. The molecule has 0 saturated heterocycles.